The monoisotopic (exact) mass is 314 g/mol. The van der Waals surface area contributed by atoms with Crippen molar-refractivity contribution in [1.29, 1.82) is 0 Å². The van der Waals surface area contributed by atoms with Crippen LogP contribution in [-0.2, 0) is 0 Å². The largest absolute Gasteiger partial charge is 0.497 e. The minimum Gasteiger partial charge on any atom is -0.497 e. The van der Waals surface area contributed by atoms with Gasteiger partial charge in [0.15, 0.2) is 5.11 Å². The number of thiocarbonyl (C=S) groups is 1. The Labute approximate surface area is 137 Å². The van der Waals surface area contributed by atoms with E-state index in [2.05, 4.69) is 49.6 Å². The summed E-state index contributed by atoms with van der Waals surface area (Å²) in [6, 6.07) is 14.4. The lowest BCUT2D eigenvalue weighted by Crippen LogP contribution is -2.30. The number of ether oxygens (including phenoxy) is 1. The maximum absolute atomic E-state index is 5.40. The van der Waals surface area contributed by atoms with E-state index in [1.807, 2.05) is 24.3 Å². The van der Waals surface area contributed by atoms with Gasteiger partial charge >= 0.3 is 0 Å². The molecule has 22 heavy (non-hydrogen) atoms. The molecule has 3 nitrogen and oxygen atoms in total. The zero-order valence-electron chi connectivity index (χ0n) is 13.4. The molecule has 1 unspecified atom stereocenters. The van der Waals surface area contributed by atoms with E-state index in [0.717, 1.165) is 17.0 Å². The quantitative estimate of drug-likeness (QED) is 0.822. The van der Waals surface area contributed by atoms with Gasteiger partial charge in [-0.1, -0.05) is 18.2 Å². The zero-order chi connectivity index (χ0) is 16.1. The summed E-state index contributed by atoms with van der Waals surface area (Å²) in [7, 11) is 1.67. The van der Waals surface area contributed by atoms with Gasteiger partial charge in [0.2, 0.25) is 0 Å². The summed E-state index contributed by atoms with van der Waals surface area (Å²) in [5.74, 6) is 0.854. The van der Waals surface area contributed by atoms with E-state index >= 15 is 0 Å². The van der Waals surface area contributed by atoms with Crippen LogP contribution in [0, 0.1) is 13.8 Å². The van der Waals surface area contributed by atoms with E-state index in [9.17, 15) is 0 Å². The molecule has 0 radical (unpaired) electrons. The average Bonchev–Trinajstić information content (AvgIpc) is 2.46. The summed E-state index contributed by atoms with van der Waals surface area (Å²) >= 11 is 5.40. The molecule has 1 atom stereocenters. The predicted molar refractivity (Wildman–Crippen MR) is 96.7 cm³/mol. The van der Waals surface area contributed by atoms with Crippen LogP contribution in [0.4, 0.5) is 5.69 Å². The van der Waals surface area contributed by atoms with Crippen molar-refractivity contribution in [1.82, 2.24) is 5.32 Å². The molecule has 0 amide bonds. The molecule has 2 aromatic carbocycles. The highest BCUT2D eigenvalue weighted by molar-refractivity contribution is 7.80. The standard InChI is InChI=1S/C18H22N2OS/c1-12-9-13(2)11-16(10-12)20-18(22)19-14(3)15-5-7-17(21-4)8-6-15/h5-11,14H,1-4H3,(H2,19,20,22). The molecule has 0 heterocycles. The van der Waals surface area contributed by atoms with Crippen LogP contribution in [0.5, 0.6) is 5.75 Å². The molecule has 2 N–H and O–H groups in total. The number of hydrogen-bond acceptors (Lipinski definition) is 2. The fraction of sp³-hybridized carbons (Fsp3) is 0.278. The molecule has 0 aromatic heterocycles. The second kappa shape index (κ2) is 7.27. The number of hydrogen-bond donors (Lipinski definition) is 2. The molecule has 0 fully saturated rings. The van der Waals surface area contributed by atoms with E-state index in [0.29, 0.717) is 5.11 Å². The van der Waals surface area contributed by atoms with Crippen LogP contribution < -0.4 is 15.4 Å². The summed E-state index contributed by atoms with van der Waals surface area (Å²) in [4.78, 5) is 0. The Morgan fingerprint density at radius 1 is 1.05 bits per heavy atom. The normalized spacial score (nSPS) is 11.6. The van der Waals surface area contributed by atoms with Crippen LogP contribution in [0.15, 0.2) is 42.5 Å². The highest BCUT2D eigenvalue weighted by atomic mass is 32.1. The molecular formula is C18H22N2OS. The third kappa shape index (κ3) is 4.46. The van der Waals surface area contributed by atoms with Gasteiger partial charge in [-0.3, -0.25) is 0 Å². The lowest BCUT2D eigenvalue weighted by Gasteiger charge is -2.18. The van der Waals surface area contributed by atoms with Crippen molar-refractivity contribution in [2.45, 2.75) is 26.8 Å². The van der Waals surface area contributed by atoms with Gasteiger partial charge in [0.05, 0.1) is 13.2 Å². The smallest absolute Gasteiger partial charge is 0.171 e. The van der Waals surface area contributed by atoms with Gasteiger partial charge in [-0.25, -0.2) is 0 Å². The minimum absolute atomic E-state index is 0.122. The van der Waals surface area contributed by atoms with Crippen molar-refractivity contribution in [3.63, 3.8) is 0 Å². The molecule has 0 saturated heterocycles. The molecule has 2 aromatic rings. The third-order valence-electron chi connectivity index (χ3n) is 3.44. The van der Waals surface area contributed by atoms with Crippen molar-refractivity contribution in [3.05, 3.63) is 59.2 Å². The van der Waals surface area contributed by atoms with Crippen LogP contribution in [-0.4, -0.2) is 12.2 Å². The lowest BCUT2D eigenvalue weighted by atomic mass is 10.1. The molecule has 0 aliphatic heterocycles. The second-order valence-electron chi connectivity index (χ2n) is 5.47. The molecule has 0 spiro atoms. The van der Waals surface area contributed by atoms with Gasteiger partial charge in [0, 0.05) is 5.69 Å². The van der Waals surface area contributed by atoms with E-state index in [-0.39, 0.29) is 6.04 Å². The number of nitrogens with one attached hydrogen (secondary N) is 2. The number of rotatable bonds is 4. The second-order valence-corrected chi connectivity index (χ2v) is 5.88. The Kier molecular flexibility index (Phi) is 5.39. The lowest BCUT2D eigenvalue weighted by molar-refractivity contribution is 0.414. The Bertz CT molecular complexity index is 632. The summed E-state index contributed by atoms with van der Waals surface area (Å²) < 4.78 is 5.17. The first-order valence-corrected chi connectivity index (χ1v) is 7.68. The Balaban J connectivity index is 1.98. The maximum atomic E-state index is 5.40. The van der Waals surface area contributed by atoms with Gasteiger partial charge in [0.1, 0.15) is 5.75 Å². The third-order valence-corrected chi connectivity index (χ3v) is 3.66. The Morgan fingerprint density at radius 3 is 2.18 bits per heavy atom. The molecule has 0 aliphatic carbocycles. The van der Waals surface area contributed by atoms with Gasteiger partial charge < -0.3 is 15.4 Å². The van der Waals surface area contributed by atoms with Crippen LogP contribution >= 0.6 is 12.2 Å². The van der Waals surface area contributed by atoms with Crippen LogP contribution in [0.3, 0.4) is 0 Å². The van der Waals surface area contributed by atoms with Crippen LogP contribution in [0.2, 0.25) is 0 Å². The molecule has 0 saturated carbocycles. The van der Waals surface area contributed by atoms with E-state index in [1.165, 1.54) is 11.1 Å². The van der Waals surface area contributed by atoms with Crippen LogP contribution in [0.25, 0.3) is 0 Å². The van der Waals surface area contributed by atoms with E-state index in [4.69, 9.17) is 17.0 Å². The first kappa shape index (κ1) is 16.3. The molecule has 2 rings (SSSR count). The van der Waals surface area contributed by atoms with Gasteiger partial charge in [0.25, 0.3) is 0 Å². The van der Waals surface area contributed by atoms with Crippen molar-refractivity contribution >= 4 is 23.0 Å². The number of anilines is 1. The minimum atomic E-state index is 0.122. The SMILES string of the molecule is COc1ccc(C(C)NC(=S)Nc2cc(C)cc(C)c2)cc1. The molecule has 116 valence electrons. The van der Waals surface area contributed by atoms with Crippen LogP contribution in [0.1, 0.15) is 29.7 Å². The first-order chi connectivity index (χ1) is 10.5. The zero-order valence-corrected chi connectivity index (χ0v) is 14.3. The average molecular weight is 314 g/mol. The molecular weight excluding hydrogens is 292 g/mol. The topological polar surface area (TPSA) is 33.3 Å². The summed E-state index contributed by atoms with van der Waals surface area (Å²) in [5.41, 5.74) is 4.60. The fourth-order valence-corrected chi connectivity index (χ4v) is 2.68. The predicted octanol–water partition coefficient (Wildman–Crippen LogP) is 4.36. The highest BCUT2D eigenvalue weighted by Gasteiger charge is 2.07. The molecule has 0 aliphatic rings. The summed E-state index contributed by atoms with van der Waals surface area (Å²) in [6.07, 6.45) is 0. The van der Waals surface area contributed by atoms with Crippen molar-refractivity contribution in [2.24, 2.45) is 0 Å². The summed E-state index contributed by atoms with van der Waals surface area (Å²) in [6.45, 7) is 6.24. The highest BCUT2D eigenvalue weighted by Crippen LogP contribution is 2.18. The summed E-state index contributed by atoms with van der Waals surface area (Å²) in [5, 5.41) is 7.16. The fourth-order valence-electron chi connectivity index (χ4n) is 2.39. The maximum Gasteiger partial charge on any atom is 0.171 e. The molecule has 0 bridgehead atoms. The number of methoxy groups -OCH3 is 1. The van der Waals surface area contributed by atoms with E-state index in [1.54, 1.807) is 7.11 Å². The number of aryl methyl sites for hydroxylation is 2. The van der Waals surface area contributed by atoms with Crippen molar-refractivity contribution in [2.75, 3.05) is 12.4 Å². The Hall–Kier alpha value is -2.07. The van der Waals surface area contributed by atoms with Crippen molar-refractivity contribution in [3.8, 4) is 5.75 Å². The van der Waals surface area contributed by atoms with Gasteiger partial charge in [-0.2, -0.15) is 0 Å². The molecule has 4 heteroatoms. The van der Waals surface area contributed by atoms with Crippen molar-refractivity contribution < 1.29 is 4.74 Å². The first-order valence-electron chi connectivity index (χ1n) is 7.27. The van der Waals surface area contributed by atoms with Gasteiger partial charge in [-0.05, 0) is 73.9 Å². The Morgan fingerprint density at radius 2 is 1.64 bits per heavy atom. The van der Waals surface area contributed by atoms with Gasteiger partial charge in [-0.15, -0.1) is 0 Å². The van der Waals surface area contributed by atoms with E-state index < -0.39 is 0 Å². The number of benzene rings is 2.